The van der Waals surface area contributed by atoms with Crippen LogP contribution in [0.2, 0.25) is 5.02 Å². The van der Waals surface area contributed by atoms with Gasteiger partial charge in [0.2, 0.25) is 0 Å². The number of nitriles is 1. The monoisotopic (exact) mass is 598 g/mol. The van der Waals surface area contributed by atoms with Gasteiger partial charge in [-0.15, -0.1) is 11.3 Å². The van der Waals surface area contributed by atoms with Crippen LogP contribution in [-0.2, 0) is 19.6 Å². The topological polar surface area (TPSA) is 97.6 Å². The van der Waals surface area contributed by atoms with Crippen molar-refractivity contribution in [2.24, 2.45) is 11.3 Å². The van der Waals surface area contributed by atoms with Gasteiger partial charge in [-0.25, -0.2) is 4.79 Å². The summed E-state index contributed by atoms with van der Waals surface area (Å²) < 4.78 is 6.25. The van der Waals surface area contributed by atoms with Crippen molar-refractivity contribution in [3.05, 3.63) is 85.2 Å². The van der Waals surface area contributed by atoms with Gasteiger partial charge in [0.05, 0.1) is 33.8 Å². The number of rotatable bonds is 7. The highest BCUT2D eigenvalue weighted by molar-refractivity contribution is 7.19. The van der Waals surface area contributed by atoms with Crippen LogP contribution in [0.1, 0.15) is 36.3 Å². The highest BCUT2D eigenvalue weighted by Crippen LogP contribution is 2.41. The van der Waals surface area contributed by atoms with E-state index in [-0.39, 0.29) is 17.8 Å². The van der Waals surface area contributed by atoms with Crippen LogP contribution in [0, 0.1) is 29.6 Å². The number of aromatic nitrogens is 4. The Morgan fingerprint density at radius 3 is 2.69 bits per heavy atom. The molecule has 0 amide bonds. The molecule has 0 unspecified atom stereocenters. The molecule has 1 N–H and O–H groups in total. The quantitative estimate of drug-likeness (QED) is 0.265. The highest BCUT2D eigenvalue weighted by atomic mass is 35.5. The number of fused-ring (bicyclic) bond motifs is 2. The van der Waals surface area contributed by atoms with Gasteiger partial charge < -0.3 is 9.88 Å². The molecular formula is C32H31ClN6O2S. The van der Waals surface area contributed by atoms with E-state index >= 15 is 0 Å². The van der Waals surface area contributed by atoms with Crippen LogP contribution < -0.4 is 16.6 Å². The molecule has 0 atom stereocenters. The Balaban J connectivity index is 1.31. The zero-order valence-electron chi connectivity index (χ0n) is 23.4. The Labute approximate surface area is 251 Å². The lowest BCUT2D eigenvalue weighted by atomic mass is 9.80. The molecule has 0 bridgehead atoms. The molecule has 0 radical (unpaired) electrons. The number of halogens is 1. The van der Waals surface area contributed by atoms with Gasteiger partial charge in [-0.2, -0.15) is 5.26 Å². The fraction of sp³-hybridized carbons (Fsp3) is 0.375. The maximum Gasteiger partial charge on any atom is 0.331 e. The summed E-state index contributed by atoms with van der Waals surface area (Å²) in [5.41, 5.74) is 3.56. The summed E-state index contributed by atoms with van der Waals surface area (Å²) in [4.78, 5) is 31.8. The Bertz CT molecular complexity index is 2000. The van der Waals surface area contributed by atoms with Crippen molar-refractivity contribution in [2.75, 3.05) is 13.1 Å². The minimum atomic E-state index is -0.425. The molecule has 5 heterocycles. The molecular weight excluding hydrogens is 568 g/mol. The Morgan fingerprint density at radius 1 is 1.12 bits per heavy atom. The van der Waals surface area contributed by atoms with Gasteiger partial charge in [-0.3, -0.25) is 18.9 Å². The average Bonchev–Trinajstić information content (AvgIpc) is 3.58. The van der Waals surface area contributed by atoms with Gasteiger partial charge in [0.1, 0.15) is 0 Å². The first-order valence-corrected chi connectivity index (χ1v) is 15.6. The number of hydrogen-bond acceptors (Lipinski definition) is 6. The minimum absolute atomic E-state index is 0.198. The smallest absolute Gasteiger partial charge is 0.331 e. The van der Waals surface area contributed by atoms with E-state index in [1.54, 1.807) is 28.2 Å². The maximum atomic E-state index is 13.4. The third-order valence-electron chi connectivity index (χ3n) is 8.79. The van der Waals surface area contributed by atoms with Crippen LogP contribution in [-0.4, -0.2) is 31.8 Å². The predicted molar refractivity (Wildman–Crippen MR) is 167 cm³/mol. The van der Waals surface area contributed by atoms with E-state index in [4.69, 9.17) is 11.6 Å². The maximum absolute atomic E-state index is 13.4. The lowest BCUT2D eigenvalue weighted by molar-refractivity contribution is 0.247. The second-order valence-electron chi connectivity index (χ2n) is 11.8. The van der Waals surface area contributed by atoms with Crippen LogP contribution >= 0.6 is 22.9 Å². The third kappa shape index (κ3) is 4.87. The summed E-state index contributed by atoms with van der Waals surface area (Å²) in [5.74, 6) is 0.523. The number of benzene rings is 1. The van der Waals surface area contributed by atoms with Crippen LogP contribution in [0.3, 0.4) is 0 Å². The van der Waals surface area contributed by atoms with Crippen molar-refractivity contribution in [3.63, 3.8) is 0 Å². The Hall–Kier alpha value is -3.71. The van der Waals surface area contributed by atoms with Crippen molar-refractivity contribution in [1.29, 1.82) is 5.26 Å². The average molecular weight is 599 g/mol. The lowest BCUT2D eigenvalue weighted by Gasteiger charge is -2.32. The zero-order chi connectivity index (χ0) is 29.0. The summed E-state index contributed by atoms with van der Waals surface area (Å²) in [5, 5.41) is 15.2. The molecule has 10 heteroatoms. The fourth-order valence-electron chi connectivity index (χ4n) is 6.27. The van der Waals surface area contributed by atoms with Crippen LogP contribution in [0.15, 0.2) is 58.4 Å². The van der Waals surface area contributed by atoms with E-state index in [2.05, 4.69) is 33.2 Å². The van der Waals surface area contributed by atoms with Gasteiger partial charge in [0.15, 0.2) is 0 Å². The number of nitrogens with one attached hydrogen (secondary N) is 1. The molecule has 0 spiro atoms. The first-order chi connectivity index (χ1) is 20.3. The predicted octanol–water partition coefficient (Wildman–Crippen LogP) is 5.55. The van der Waals surface area contributed by atoms with E-state index < -0.39 is 5.41 Å². The minimum Gasteiger partial charge on any atom is -0.345 e. The molecule has 5 aromatic rings. The van der Waals surface area contributed by atoms with E-state index in [1.165, 1.54) is 4.57 Å². The first-order valence-electron chi connectivity index (χ1n) is 14.4. The van der Waals surface area contributed by atoms with Gasteiger partial charge in [-0.05, 0) is 81.9 Å². The van der Waals surface area contributed by atoms with Gasteiger partial charge in [0, 0.05) is 63.7 Å². The molecule has 2 fully saturated rings. The lowest BCUT2D eigenvalue weighted by Crippen LogP contribution is -2.41. The molecule has 1 aliphatic heterocycles. The molecule has 214 valence electrons. The van der Waals surface area contributed by atoms with E-state index in [9.17, 15) is 14.9 Å². The van der Waals surface area contributed by atoms with Crippen molar-refractivity contribution in [3.8, 4) is 17.2 Å². The first kappa shape index (κ1) is 27.1. The molecule has 7 rings (SSSR count). The number of aryl methyl sites for hydroxylation is 1. The molecule has 1 saturated heterocycles. The Morgan fingerprint density at radius 2 is 1.93 bits per heavy atom. The Kier molecular flexibility index (Phi) is 6.81. The second-order valence-corrected chi connectivity index (χ2v) is 13.4. The molecule has 42 heavy (non-hydrogen) atoms. The summed E-state index contributed by atoms with van der Waals surface area (Å²) >= 11 is 8.19. The highest BCUT2D eigenvalue weighted by Gasteiger charge is 2.33. The largest absolute Gasteiger partial charge is 0.345 e. The van der Waals surface area contributed by atoms with Crippen molar-refractivity contribution in [1.82, 2.24) is 24.0 Å². The molecule has 1 aromatic carbocycles. The van der Waals surface area contributed by atoms with Crippen molar-refractivity contribution < 1.29 is 0 Å². The summed E-state index contributed by atoms with van der Waals surface area (Å²) in [6.45, 7) is 4.97. The normalized spacial score (nSPS) is 16.7. The SMILES string of the molecule is Cc1cc(=O)n(Cc2cc3nccc(-c4cc(Cl)cc5ccn(CC6(C#N)CCNCC6)c45)c3s2)c(=O)n1CC1CC1. The van der Waals surface area contributed by atoms with Gasteiger partial charge >= 0.3 is 5.69 Å². The standard InChI is InChI=1S/C32H31ClN6O2S/c1-20-12-28(40)39(31(41)38(20)16-21-2-3-21)17-24-15-27-30(42-24)25(4-8-36-27)26-14-23(33)13-22-5-11-37(29(22)26)19-32(18-34)6-9-35-10-7-32/h4-5,8,11-15,21,35H,2-3,6-7,9-10,16-17,19H2,1H3. The number of hydrogen-bond donors (Lipinski definition) is 1. The molecule has 1 saturated carbocycles. The summed E-state index contributed by atoms with van der Waals surface area (Å²) in [6.07, 6.45) is 7.72. The number of nitrogens with zero attached hydrogens (tertiary/aromatic N) is 5. The number of piperidine rings is 1. The summed E-state index contributed by atoms with van der Waals surface area (Å²) in [7, 11) is 0. The van der Waals surface area contributed by atoms with Crippen molar-refractivity contribution >= 4 is 44.1 Å². The van der Waals surface area contributed by atoms with E-state index in [1.807, 2.05) is 31.2 Å². The molecule has 4 aromatic heterocycles. The molecule has 1 aliphatic carbocycles. The third-order valence-corrected chi connectivity index (χ3v) is 10.1. The van der Waals surface area contributed by atoms with Crippen LogP contribution in [0.5, 0.6) is 0 Å². The van der Waals surface area contributed by atoms with Crippen LogP contribution in [0.25, 0.3) is 32.2 Å². The van der Waals surface area contributed by atoms with Crippen molar-refractivity contribution in [2.45, 2.75) is 52.2 Å². The summed E-state index contributed by atoms with van der Waals surface area (Å²) in [6, 6.07) is 14.2. The molecule has 2 aliphatic rings. The van der Waals surface area contributed by atoms with E-state index in [0.717, 1.165) is 75.9 Å². The molecule has 8 nitrogen and oxygen atoms in total. The second kappa shape index (κ2) is 10.5. The van der Waals surface area contributed by atoms with Gasteiger partial charge in [-0.1, -0.05) is 11.6 Å². The number of thiophene rings is 1. The fourth-order valence-corrected chi connectivity index (χ4v) is 7.63. The number of pyridine rings is 1. The van der Waals surface area contributed by atoms with Crippen LogP contribution in [0.4, 0.5) is 0 Å². The zero-order valence-corrected chi connectivity index (χ0v) is 25.0. The van der Waals surface area contributed by atoms with E-state index in [0.29, 0.717) is 29.7 Å². The van der Waals surface area contributed by atoms with Gasteiger partial charge in [0.25, 0.3) is 5.56 Å².